The van der Waals surface area contributed by atoms with Crippen molar-refractivity contribution < 1.29 is 18.3 Å². The average molecular weight is 525 g/mol. The van der Waals surface area contributed by atoms with Gasteiger partial charge in [-0.15, -0.1) is 24.0 Å². The third-order valence-corrected chi connectivity index (χ3v) is 4.79. The maximum atomic E-state index is 12.3. The molecule has 29 heavy (non-hydrogen) atoms. The Morgan fingerprint density at radius 3 is 2.72 bits per heavy atom. The number of nitrogens with one attached hydrogen (secondary N) is 2. The molecule has 2 rings (SSSR count). The largest absolute Gasteiger partial charge is 0.488 e. The van der Waals surface area contributed by atoms with E-state index in [0.29, 0.717) is 24.2 Å². The molecule has 0 amide bonds. The smallest absolute Gasteiger partial charge is 0.272 e. The van der Waals surface area contributed by atoms with E-state index >= 15 is 0 Å². The van der Waals surface area contributed by atoms with E-state index in [1.54, 1.807) is 25.2 Å². The minimum Gasteiger partial charge on any atom is -0.488 e. The highest BCUT2D eigenvalue weighted by Crippen LogP contribution is 2.33. The van der Waals surface area contributed by atoms with Gasteiger partial charge in [0, 0.05) is 32.7 Å². The summed E-state index contributed by atoms with van der Waals surface area (Å²) in [6, 6.07) is 7.14. The number of ether oxygens (including phenoxy) is 2. The molecule has 2 N–H and O–H groups in total. The van der Waals surface area contributed by atoms with E-state index in [1.807, 2.05) is 6.07 Å². The number of hydrogen-bond donors (Lipinski definition) is 2. The molecular weight excluding hydrogens is 491 g/mol. The Labute approximate surface area is 190 Å². The maximum Gasteiger partial charge on any atom is 0.272 e. The highest BCUT2D eigenvalue weighted by molar-refractivity contribution is 14.0. The summed E-state index contributed by atoms with van der Waals surface area (Å²) in [6.07, 6.45) is -0.0488. The molecule has 1 saturated heterocycles. The van der Waals surface area contributed by atoms with Gasteiger partial charge in [0.1, 0.15) is 12.4 Å². The number of guanidine groups is 1. The van der Waals surface area contributed by atoms with E-state index in [2.05, 4.69) is 36.4 Å². The fraction of sp³-hybridized carbons (Fsp3) is 0.667. The molecule has 1 aromatic rings. The van der Waals surface area contributed by atoms with E-state index < -0.39 is 13.0 Å². The lowest BCUT2D eigenvalue weighted by atomic mass is 9.78. The van der Waals surface area contributed by atoms with Gasteiger partial charge < -0.3 is 20.1 Å². The zero-order valence-corrected chi connectivity index (χ0v) is 20.0. The van der Waals surface area contributed by atoms with E-state index in [-0.39, 0.29) is 35.5 Å². The molecule has 0 saturated carbocycles. The van der Waals surface area contributed by atoms with Crippen molar-refractivity contribution in [3.63, 3.8) is 0 Å². The SMILES string of the molecule is CN=C(NCc1cccc(OCC(F)F)c1)NCC1CCCOC1C(C)(C)C.I. The molecule has 1 fully saturated rings. The fourth-order valence-electron chi connectivity index (χ4n) is 3.55. The van der Waals surface area contributed by atoms with E-state index in [9.17, 15) is 8.78 Å². The van der Waals surface area contributed by atoms with Gasteiger partial charge in [0.2, 0.25) is 0 Å². The molecule has 0 radical (unpaired) electrons. The second-order valence-corrected chi connectivity index (χ2v) is 8.22. The second-order valence-electron chi connectivity index (χ2n) is 8.22. The standard InChI is InChI=1S/C21H33F2N3O2.HI/c1-21(2,3)19-16(8-6-10-27-19)13-26-20(24-4)25-12-15-7-5-9-17(11-15)28-14-18(22)23;/h5,7,9,11,16,18-19H,6,8,10,12-14H2,1-4H3,(H2,24,25,26);1H. The van der Waals surface area contributed by atoms with Crippen molar-refractivity contribution in [1.82, 2.24) is 10.6 Å². The Kier molecular flexibility index (Phi) is 11.2. The van der Waals surface area contributed by atoms with Gasteiger partial charge in [0.15, 0.2) is 5.96 Å². The van der Waals surface area contributed by atoms with Crippen LogP contribution < -0.4 is 15.4 Å². The van der Waals surface area contributed by atoms with Gasteiger partial charge in [-0.1, -0.05) is 32.9 Å². The van der Waals surface area contributed by atoms with Crippen molar-refractivity contribution in [2.24, 2.45) is 16.3 Å². The zero-order valence-electron chi connectivity index (χ0n) is 17.7. The van der Waals surface area contributed by atoms with E-state index in [1.165, 1.54) is 0 Å². The average Bonchev–Trinajstić information content (AvgIpc) is 2.66. The summed E-state index contributed by atoms with van der Waals surface area (Å²) >= 11 is 0. The summed E-state index contributed by atoms with van der Waals surface area (Å²) in [5.74, 6) is 1.57. The topological polar surface area (TPSA) is 54.9 Å². The van der Waals surface area contributed by atoms with Crippen LogP contribution in [0.4, 0.5) is 8.78 Å². The van der Waals surface area contributed by atoms with Crippen LogP contribution in [0.3, 0.4) is 0 Å². The maximum absolute atomic E-state index is 12.3. The van der Waals surface area contributed by atoms with E-state index in [0.717, 1.165) is 31.6 Å². The van der Waals surface area contributed by atoms with Gasteiger partial charge in [-0.05, 0) is 36.0 Å². The van der Waals surface area contributed by atoms with Crippen LogP contribution in [-0.2, 0) is 11.3 Å². The van der Waals surface area contributed by atoms with Crippen molar-refractivity contribution in [2.75, 3.05) is 26.8 Å². The van der Waals surface area contributed by atoms with Gasteiger partial charge in [-0.25, -0.2) is 8.78 Å². The van der Waals surface area contributed by atoms with E-state index in [4.69, 9.17) is 9.47 Å². The third kappa shape index (κ3) is 9.02. The summed E-state index contributed by atoms with van der Waals surface area (Å²) < 4.78 is 35.7. The number of aliphatic imine (C=N–C) groups is 1. The number of benzene rings is 1. The zero-order chi connectivity index (χ0) is 20.6. The molecule has 0 aliphatic carbocycles. The van der Waals surface area contributed by atoms with Crippen LogP contribution in [0.1, 0.15) is 39.2 Å². The third-order valence-electron chi connectivity index (χ3n) is 4.79. The van der Waals surface area contributed by atoms with Crippen LogP contribution in [0.15, 0.2) is 29.3 Å². The van der Waals surface area contributed by atoms with Gasteiger partial charge >= 0.3 is 0 Å². The van der Waals surface area contributed by atoms with Gasteiger partial charge in [-0.2, -0.15) is 0 Å². The minimum atomic E-state index is -2.48. The molecular formula is C21H34F2IN3O2. The molecule has 1 aliphatic heterocycles. The highest BCUT2D eigenvalue weighted by Gasteiger charge is 2.35. The predicted molar refractivity (Wildman–Crippen MR) is 123 cm³/mol. The molecule has 0 bridgehead atoms. The van der Waals surface area contributed by atoms with Crippen molar-refractivity contribution >= 4 is 29.9 Å². The summed E-state index contributed by atoms with van der Waals surface area (Å²) in [6.45, 7) is 8.19. The lowest BCUT2D eigenvalue weighted by Gasteiger charge is -2.40. The number of nitrogens with zero attached hydrogens (tertiary/aromatic N) is 1. The molecule has 5 nitrogen and oxygen atoms in total. The summed E-state index contributed by atoms with van der Waals surface area (Å²) in [7, 11) is 1.73. The molecule has 1 heterocycles. The minimum absolute atomic E-state index is 0. The lowest BCUT2D eigenvalue weighted by molar-refractivity contribution is -0.0835. The fourth-order valence-corrected chi connectivity index (χ4v) is 3.55. The van der Waals surface area contributed by atoms with Crippen LogP contribution in [0.5, 0.6) is 5.75 Å². The molecule has 2 atom stereocenters. The first kappa shape index (κ1) is 25.9. The number of hydrogen-bond acceptors (Lipinski definition) is 3. The van der Waals surface area contributed by atoms with Gasteiger partial charge in [0.25, 0.3) is 6.43 Å². The summed E-state index contributed by atoms with van der Waals surface area (Å²) in [5.41, 5.74) is 1.03. The molecule has 1 aliphatic rings. The van der Waals surface area contributed by atoms with Crippen LogP contribution in [-0.4, -0.2) is 45.3 Å². The molecule has 2 unspecified atom stereocenters. The van der Waals surface area contributed by atoms with Gasteiger partial charge in [0.05, 0.1) is 6.10 Å². The lowest BCUT2D eigenvalue weighted by Crippen LogP contribution is -2.47. The Bertz CT molecular complexity index is 639. The van der Waals surface area contributed by atoms with Crippen molar-refractivity contribution in [2.45, 2.75) is 52.7 Å². The quantitative estimate of drug-likeness (QED) is 0.314. The van der Waals surface area contributed by atoms with Crippen LogP contribution >= 0.6 is 24.0 Å². The Morgan fingerprint density at radius 2 is 2.07 bits per heavy atom. The second kappa shape index (κ2) is 12.5. The first-order chi connectivity index (χ1) is 13.3. The predicted octanol–water partition coefficient (Wildman–Crippen LogP) is 4.45. The summed E-state index contributed by atoms with van der Waals surface area (Å²) in [4.78, 5) is 4.28. The molecule has 166 valence electrons. The van der Waals surface area contributed by atoms with Crippen LogP contribution in [0, 0.1) is 11.3 Å². The van der Waals surface area contributed by atoms with Crippen LogP contribution in [0.2, 0.25) is 0 Å². The molecule has 1 aromatic carbocycles. The number of rotatable bonds is 7. The van der Waals surface area contributed by atoms with Crippen molar-refractivity contribution in [3.05, 3.63) is 29.8 Å². The Morgan fingerprint density at radius 1 is 1.31 bits per heavy atom. The number of halogens is 3. The van der Waals surface area contributed by atoms with Crippen LogP contribution in [0.25, 0.3) is 0 Å². The highest BCUT2D eigenvalue weighted by atomic mass is 127. The van der Waals surface area contributed by atoms with Crippen molar-refractivity contribution in [3.8, 4) is 5.75 Å². The first-order valence-corrected chi connectivity index (χ1v) is 9.85. The molecule has 0 spiro atoms. The van der Waals surface area contributed by atoms with Crippen molar-refractivity contribution in [1.29, 1.82) is 0 Å². The normalized spacial score (nSPS) is 20.2. The summed E-state index contributed by atoms with van der Waals surface area (Å²) in [5, 5.41) is 6.66. The number of alkyl halides is 2. The Balaban J connectivity index is 0.00000420. The molecule has 8 heteroatoms. The first-order valence-electron chi connectivity index (χ1n) is 9.85. The molecule has 0 aromatic heterocycles. The Hall–Kier alpha value is -1.16. The monoisotopic (exact) mass is 525 g/mol. The van der Waals surface area contributed by atoms with Gasteiger partial charge in [-0.3, -0.25) is 4.99 Å².